The number of halogens is 1. The van der Waals surface area contributed by atoms with Crippen molar-refractivity contribution in [1.82, 2.24) is 19.7 Å². The molecule has 0 aliphatic carbocycles. The number of nitrogens with two attached hydrogens (primary N) is 1. The van der Waals surface area contributed by atoms with Crippen LogP contribution in [0.5, 0.6) is 0 Å². The number of anilines is 1. The lowest BCUT2D eigenvalue weighted by atomic mass is 10.3. The molecule has 0 aliphatic heterocycles. The van der Waals surface area contributed by atoms with Crippen LogP contribution in [0.4, 0.5) is 5.82 Å². The van der Waals surface area contributed by atoms with Gasteiger partial charge in [0, 0.05) is 19.9 Å². The van der Waals surface area contributed by atoms with E-state index in [9.17, 15) is 0 Å². The molecule has 0 aliphatic rings. The monoisotopic (exact) mass is 311 g/mol. The average molecular weight is 312 g/mol. The van der Waals surface area contributed by atoms with Gasteiger partial charge in [-0.25, -0.2) is 9.97 Å². The molecule has 2 N–H and O–H groups in total. The Balaban J connectivity index is 2.52. The van der Waals surface area contributed by atoms with Crippen LogP contribution in [0, 0.1) is 0 Å². The number of hydrogen-bond acceptors (Lipinski definition) is 5. The number of ether oxygens (including phenoxy) is 1. The van der Waals surface area contributed by atoms with Crippen molar-refractivity contribution < 1.29 is 4.74 Å². The second-order valence-electron chi connectivity index (χ2n) is 3.66. The van der Waals surface area contributed by atoms with Crippen molar-refractivity contribution in [2.24, 2.45) is 0 Å². The Kier molecular flexibility index (Phi) is 3.93. The first-order chi connectivity index (χ1) is 8.67. The first kappa shape index (κ1) is 13.0. The Morgan fingerprint density at radius 3 is 2.89 bits per heavy atom. The second-order valence-corrected chi connectivity index (χ2v) is 4.45. The number of nitrogens with zero attached hydrogens (tertiary/aromatic N) is 4. The predicted molar refractivity (Wildman–Crippen MR) is 71.8 cm³/mol. The number of methoxy groups -OCH3 is 1. The van der Waals surface area contributed by atoms with Crippen LogP contribution < -0.4 is 5.73 Å². The number of nitrogen functional groups attached to an aromatic ring is 1. The number of aryl methyl sites for hydroxylation is 1. The standard InChI is InChI=1S/C11H14BrN5O/c1-3-17-8(4-5-14-17)11-15-7(6-18-2)9(12)10(13)16-11/h4-5H,3,6H2,1-2H3,(H2,13,15,16). The van der Waals surface area contributed by atoms with Crippen LogP contribution in [0.1, 0.15) is 12.6 Å². The number of hydrogen-bond donors (Lipinski definition) is 1. The summed E-state index contributed by atoms with van der Waals surface area (Å²) in [7, 11) is 1.61. The van der Waals surface area contributed by atoms with Crippen molar-refractivity contribution in [2.45, 2.75) is 20.1 Å². The molecule has 7 heteroatoms. The van der Waals surface area contributed by atoms with Crippen molar-refractivity contribution in [3.8, 4) is 11.5 Å². The fraction of sp³-hybridized carbons (Fsp3) is 0.364. The molecule has 0 aromatic carbocycles. The van der Waals surface area contributed by atoms with E-state index in [4.69, 9.17) is 10.5 Å². The molecule has 0 radical (unpaired) electrons. The maximum absolute atomic E-state index is 5.87. The van der Waals surface area contributed by atoms with Crippen molar-refractivity contribution in [3.63, 3.8) is 0 Å². The van der Waals surface area contributed by atoms with Gasteiger partial charge in [0.1, 0.15) is 11.5 Å². The van der Waals surface area contributed by atoms with Crippen LogP contribution in [0.25, 0.3) is 11.5 Å². The molecule has 18 heavy (non-hydrogen) atoms. The van der Waals surface area contributed by atoms with E-state index in [1.165, 1.54) is 0 Å². The highest BCUT2D eigenvalue weighted by molar-refractivity contribution is 9.10. The molecular formula is C11H14BrN5O. The second kappa shape index (κ2) is 5.45. The minimum Gasteiger partial charge on any atom is -0.383 e. The van der Waals surface area contributed by atoms with Crippen LogP contribution in [0.3, 0.4) is 0 Å². The fourth-order valence-electron chi connectivity index (χ4n) is 1.63. The predicted octanol–water partition coefficient (Wildman–Crippen LogP) is 1.85. The summed E-state index contributed by atoms with van der Waals surface area (Å²) in [5.41, 5.74) is 7.43. The van der Waals surface area contributed by atoms with Crippen LogP contribution in [-0.4, -0.2) is 26.9 Å². The van der Waals surface area contributed by atoms with Gasteiger partial charge in [0.15, 0.2) is 5.82 Å². The van der Waals surface area contributed by atoms with E-state index in [1.807, 2.05) is 17.7 Å². The van der Waals surface area contributed by atoms with Crippen molar-refractivity contribution in [2.75, 3.05) is 12.8 Å². The summed E-state index contributed by atoms with van der Waals surface area (Å²) in [4.78, 5) is 8.72. The maximum atomic E-state index is 5.87. The molecule has 0 spiro atoms. The third-order valence-corrected chi connectivity index (χ3v) is 3.34. The Labute approximate surface area is 113 Å². The van der Waals surface area contributed by atoms with Crippen LogP contribution >= 0.6 is 15.9 Å². The van der Waals surface area contributed by atoms with Crippen molar-refractivity contribution >= 4 is 21.7 Å². The van der Waals surface area contributed by atoms with E-state index in [0.29, 0.717) is 22.7 Å². The van der Waals surface area contributed by atoms with Crippen LogP contribution in [-0.2, 0) is 17.9 Å². The third-order valence-electron chi connectivity index (χ3n) is 2.47. The minimum atomic E-state index is 0.376. The summed E-state index contributed by atoms with van der Waals surface area (Å²) in [5.74, 6) is 0.956. The van der Waals surface area contributed by atoms with Gasteiger partial charge in [-0.2, -0.15) is 5.10 Å². The summed E-state index contributed by atoms with van der Waals surface area (Å²) in [6.07, 6.45) is 1.72. The molecule has 96 valence electrons. The first-order valence-corrected chi connectivity index (χ1v) is 6.29. The SMILES string of the molecule is CCn1nccc1-c1nc(N)c(Br)c(COC)n1. The van der Waals surface area contributed by atoms with Gasteiger partial charge in [0.05, 0.1) is 16.8 Å². The van der Waals surface area contributed by atoms with Gasteiger partial charge in [0.2, 0.25) is 0 Å². The molecule has 0 saturated carbocycles. The van der Waals surface area contributed by atoms with Gasteiger partial charge >= 0.3 is 0 Å². The van der Waals surface area contributed by atoms with Crippen LogP contribution in [0.2, 0.25) is 0 Å². The summed E-state index contributed by atoms with van der Waals surface area (Å²) >= 11 is 3.36. The molecule has 0 saturated heterocycles. The van der Waals surface area contributed by atoms with Gasteiger partial charge in [0.25, 0.3) is 0 Å². The first-order valence-electron chi connectivity index (χ1n) is 5.50. The largest absolute Gasteiger partial charge is 0.383 e. The zero-order chi connectivity index (χ0) is 13.1. The summed E-state index contributed by atoms with van der Waals surface area (Å²) in [5, 5.41) is 4.19. The van der Waals surface area contributed by atoms with Gasteiger partial charge in [-0.05, 0) is 28.9 Å². The molecular weight excluding hydrogens is 298 g/mol. The lowest BCUT2D eigenvalue weighted by molar-refractivity contribution is 0.181. The third kappa shape index (κ3) is 2.37. The highest BCUT2D eigenvalue weighted by Gasteiger charge is 2.13. The summed E-state index contributed by atoms with van der Waals surface area (Å²) in [6.45, 7) is 3.14. The Hall–Kier alpha value is -1.47. The van der Waals surface area contributed by atoms with E-state index in [2.05, 4.69) is 31.0 Å². The quantitative estimate of drug-likeness (QED) is 0.932. The van der Waals surface area contributed by atoms with Crippen molar-refractivity contribution in [1.29, 1.82) is 0 Å². The van der Waals surface area contributed by atoms with Crippen molar-refractivity contribution in [3.05, 3.63) is 22.4 Å². The summed E-state index contributed by atoms with van der Waals surface area (Å²) < 4.78 is 7.59. The van der Waals surface area contributed by atoms with E-state index in [-0.39, 0.29) is 0 Å². The highest BCUT2D eigenvalue weighted by Crippen LogP contribution is 2.25. The molecule has 0 atom stereocenters. The summed E-state index contributed by atoms with van der Waals surface area (Å²) in [6, 6.07) is 1.86. The minimum absolute atomic E-state index is 0.376. The van der Waals surface area contributed by atoms with E-state index in [1.54, 1.807) is 13.3 Å². The molecule has 6 nitrogen and oxygen atoms in total. The molecule has 2 aromatic rings. The fourth-order valence-corrected chi connectivity index (χ4v) is 1.93. The maximum Gasteiger partial charge on any atom is 0.180 e. The molecule has 2 heterocycles. The Morgan fingerprint density at radius 2 is 2.22 bits per heavy atom. The number of rotatable bonds is 4. The molecule has 0 amide bonds. The molecule has 0 bridgehead atoms. The highest BCUT2D eigenvalue weighted by atomic mass is 79.9. The molecule has 0 fully saturated rings. The van der Waals surface area contributed by atoms with Crippen LogP contribution in [0.15, 0.2) is 16.7 Å². The smallest absolute Gasteiger partial charge is 0.180 e. The molecule has 0 unspecified atom stereocenters. The normalized spacial score (nSPS) is 10.8. The van der Waals surface area contributed by atoms with E-state index in [0.717, 1.165) is 17.9 Å². The molecule has 2 rings (SSSR count). The van der Waals surface area contributed by atoms with Gasteiger partial charge in [-0.1, -0.05) is 0 Å². The zero-order valence-electron chi connectivity index (χ0n) is 10.2. The van der Waals surface area contributed by atoms with E-state index >= 15 is 0 Å². The average Bonchev–Trinajstić information content (AvgIpc) is 2.83. The lowest BCUT2D eigenvalue weighted by Crippen LogP contribution is -2.07. The molecule has 2 aromatic heterocycles. The number of aromatic nitrogens is 4. The Morgan fingerprint density at radius 1 is 1.44 bits per heavy atom. The topological polar surface area (TPSA) is 78.9 Å². The van der Waals surface area contributed by atoms with Gasteiger partial charge in [-0.3, -0.25) is 4.68 Å². The Bertz CT molecular complexity index is 554. The zero-order valence-corrected chi connectivity index (χ0v) is 11.8. The van der Waals surface area contributed by atoms with E-state index < -0.39 is 0 Å². The van der Waals surface area contributed by atoms with Gasteiger partial charge < -0.3 is 10.5 Å². The lowest BCUT2D eigenvalue weighted by Gasteiger charge is -2.09. The van der Waals surface area contributed by atoms with Gasteiger partial charge in [-0.15, -0.1) is 0 Å².